The summed E-state index contributed by atoms with van der Waals surface area (Å²) in [6.07, 6.45) is 0.341. The van der Waals surface area contributed by atoms with Crippen molar-refractivity contribution >= 4 is 27.6 Å². The highest BCUT2D eigenvalue weighted by Crippen LogP contribution is 2.29. The first-order valence-electron chi connectivity index (χ1n) is 8.82. The van der Waals surface area contributed by atoms with Crippen LogP contribution in [0, 0.1) is 6.92 Å². The van der Waals surface area contributed by atoms with Gasteiger partial charge in [0.15, 0.2) is 11.5 Å². The number of nitrogens with one attached hydrogen (secondary N) is 2. The maximum atomic E-state index is 12.7. The SMILES string of the molecule is COc1ccc(S(=O)(=O)Nc2nc(C)c(Cc3ccc(Cl)cc3)c(=O)[nH]2)cc1OC. The Hall–Kier alpha value is -3.04. The standard InChI is InChI=1S/C20H20ClN3O5S/c1-12-16(10-13-4-6-14(21)7-5-13)19(25)23-20(22-12)24-30(26,27)15-8-9-17(28-2)18(11-15)29-3/h4-9,11H,10H2,1-3H3,(H2,22,23,24,25). The van der Waals surface area contributed by atoms with E-state index in [0.29, 0.717) is 28.5 Å². The molecule has 0 saturated heterocycles. The van der Waals surface area contributed by atoms with Gasteiger partial charge < -0.3 is 9.47 Å². The lowest BCUT2D eigenvalue weighted by atomic mass is 10.1. The molecule has 0 saturated carbocycles. The summed E-state index contributed by atoms with van der Waals surface area (Å²) in [4.78, 5) is 19.2. The summed E-state index contributed by atoms with van der Waals surface area (Å²) in [5.41, 5.74) is 1.31. The Bertz CT molecular complexity index is 1220. The Balaban J connectivity index is 1.88. The molecule has 2 aromatic carbocycles. The van der Waals surface area contributed by atoms with E-state index in [9.17, 15) is 13.2 Å². The summed E-state index contributed by atoms with van der Waals surface area (Å²) in [6.45, 7) is 1.65. The van der Waals surface area contributed by atoms with Crippen LogP contribution in [-0.4, -0.2) is 32.6 Å². The van der Waals surface area contributed by atoms with Crippen molar-refractivity contribution in [2.24, 2.45) is 0 Å². The van der Waals surface area contributed by atoms with Crippen LogP contribution in [0.25, 0.3) is 0 Å². The average Bonchev–Trinajstić information content (AvgIpc) is 2.71. The van der Waals surface area contributed by atoms with Crippen LogP contribution in [0.1, 0.15) is 16.8 Å². The second-order valence-corrected chi connectivity index (χ2v) is 8.52. The number of nitrogens with zero attached hydrogens (tertiary/aromatic N) is 1. The molecule has 1 aromatic heterocycles. The number of aromatic amines is 1. The molecule has 30 heavy (non-hydrogen) atoms. The second kappa shape index (κ2) is 8.76. The molecular weight excluding hydrogens is 430 g/mol. The van der Waals surface area contributed by atoms with E-state index in [1.165, 1.54) is 32.4 Å². The fourth-order valence-corrected chi connectivity index (χ4v) is 3.95. The molecule has 1 heterocycles. The highest BCUT2D eigenvalue weighted by molar-refractivity contribution is 7.92. The van der Waals surface area contributed by atoms with E-state index in [1.54, 1.807) is 19.1 Å². The monoisotopic (exact) mass is 449 g/mol. The smallest absolute Gasteiger partial charge is 0.264 e. The lowest BCUT2D eigenvalue weighted by Gasteiger charge is -2.12. The summed E-state index contributed by atoms with van der Waals surface area (Å²) in [6, 6.07) is 11.3. The summed E-state index contributed by atoms with van der Waals surface area (Å²) in [5.74, 6) is 0.480. The topological polar surface area (TPSA) is 110 Å². The number of aromatic nitrogens is 2. The molecule has 3 aromatic rings. The third-order valence-corrected chi connectivity index (χ3v) is 6.00. The van der Waals surface area contributed by atoms with Gasteiger partial charge in [0, 0.05) is 23.1 Å². The van der Waals surface area contributed by atoms with Crippen LogP contribution in [-0.2, 0) is 16.4 Å². The minimum Gasteiger partial charge on any atom is -0.493 e. The van der Waals surface area contributed by atoms with Crippen LogP contribution in [0.15, 0.2) is 52.2 Å². The molecule has 2 N–H and O–H groups in total. The lowest BCUT2D eigenvalue weighted by Crippen LogP contribution is -2.22. The van der Waals surface area contributed by atoms with Crippen molar-refractivity contribution in [3.8, 4) is 11.5 Å². The van der Waals surface area contributed by atoms with Crippen molar-refractivity contribution in [2.75, 3.05) is 18.9 Å². The normalized spacial score (nSPS) is 11.2. The molecule has 0 unspecified atom stereocenters. The van der Waals surface area contributed by atoms with Gasteiger partial charge in [-0.25, -0.2) is 18.1 Å². The van der Waals surface area contributed by atoms with E-state index >= 15 is 0 Å². The second-order valence-electron chi connectivity index (χ2n) is 6.40. The van der Waals surface area contributed by atoms with E-state index in [-0.39, 0.29) is 16.6 Å². The van der Waals surface area contributed by atoms with Crippen molar-refractivity contribution in [3.63, 3.8) is 0 Å². The molecule has 158 valence electrons. The van der Waals surface area contributed by atoms with Gasteiger partial charge in [-0.15, -0.1) is 0 Å². The van der Waals surface area contributed by atoms with Crippen LogP contribution in [0.4, 0.5) is 5.95 Å². The molecule has 0 bridgehead atoms. The van der Waals surface area contributed by atoms with Gasteiger partial charge in [0.25, 0.3) is 15.6 Å². The number of sulfonamides is 1. The predicted molar refractivity (Wildman–Crippen MR) is 114 cm³/mol. The van der Waals surface area contributed by atoms with Crippen LogP contribution in [0.5, 0.6) is 11.5 Å². The van der Waals surface area contributed by atoms with E-state index < -0.39 is 15.6 Å². The number of H-pyrrole nitrogens is 1. The molecule has 0 fully saturated rings. The third kappa shape index (κ3) is 4.74. The number of methoxy groups -OCH3 is 2. The van der Waals surface area contributed by atoms with Gasteiger partial charge >= 0.3 is 0 Å². The van der Waals surface area contributed by atoms with Crippen molar-refractivity contribution in [2.45, 2.75) is 18.2 Å². The minimum absolute atomic E-state index is 0.0642. The van der Waals surface area contributed by atoms with E-state index in [1.807, 2.05) is 12.1 Å². The first-order chi connectivity index (χ1) is 14.2. The number of benzene rings is 2. The Kier molecular flexibility index (Phi) is 6.33. The molecular formula is C20H20ClN3O5S. The van der Waals surface area contributed by atoms with E-state index in [4.69, 9.17) is 21.1 Å². The Morgan fingerprint density at radius 1 is 1.07 bits per heavy atom. The van der Waals surface area contributed by atoms with E-state index in [0.717, 1.165) is 5.56 Å². The Morgan fingerprint density at radius 2 is 1.73 bits per heavy atom. The van der Waals surface area contributed by atoms with Crippen LogP contribution in [0.3, 0.4) is 0 Å². The van der Waals surface area contributed by atoms with E-state index in [2.05, 4.69) is 14.7 Å². The highest BCUT2D eigenvalue weighted by Gasteiger charge is 2.19. The molecule has 0 atom stereocenters. The Labute approximate surface area is 178 Å². The zero-order valence-corrected chi connectivity index (χ0v) is 18.1. The van der Waals surface area contributed by atoms with Crippen LogP contribution < -0.4 is 19.8 Å². The number of rotatable bonds is 7. The molecule has 10 heteroatoms. The molecule has 8 nitrogen and oxygen atoms in total. The fraction of sp³-hybridized carbons (Fsp3) is 0.200. The summed E-state index contributed by atoms with van der Waals surface area (Å²) >= 11 is 5.89. The molecule has 0 radical (unpaired) electrons. The lowest BCUT2D eigenvalue weighted by molar-refractivity contribution is 0.354. The predicted octanol–water partition coefficient (Wildman–Crippen LogP) is 3.14. The number of anilines is 1. The first kappa shape index (κ1) is 21.7. The number of ether oxygens (including phenoxy) is 2. The van der Waals surface area contributed by atoms with Crippen molar-refractivity contribution in [1.82, 2.24) is 9.97 Å². The van der Waals surface area contributed by atoms with Gasteiger partial charge in [0.2, 0.25) is 5.95 Å². The molecule has 3 rings (SSSR count). The van der Waals surface area contributed by atoms with Crippen molar-refractivity contribution in [3.05, 3.63) is 74.7 Å². The van der Waals surface area contributed by atoms with Gasteiger partial charge in [0.1, 0.15) is 0 Å². The first-order valence-corrected chi connectivity index (χ1v) is 10.7. The van der Waals surface area contributed by atoms with Crippen molar-refractivity contribution in [1.29, 1.82) is 0 Å². The van der Waals surface area contributed by atoms with Crippen LogP contribution >= 0.6 is 11.6 Å². The van der Waals surface area contributed by atoms with Gasteiger partial charge in [0.05, 0.1) is 24.8 Å². The molecule has 0 spiro atoms. The maximum absolute atomic E-state index is 12.7. The maximum Gasteiger partial charge on any atom is 0.264 e. The van der Waals surface area contributed by atoms with Gasteiger partial charge in [-0.2, -0.15) is 0 Å². The average molecular weight is 450 g/mol. The molecule has 0 aliphatic rings. The zero-order chi connectivity index (χ0) is 21.9. The molecule has 0 amide bonds. The zero-order valence-electron chi connectivity index (χ0n) is 16.5. The van der Waals surface area contributed by atoms with Gasteiger partial charge in [-0.3, -0.25) is 9.78 Å². The summed E-state index contributed by atoms with van der Waals surface area (Å²) in [5, 5.41) is 0.599. The number of halogens is 1. The van der Waals surface area contributed by atoms with Crippen molar-refractivity contribution < 1.29 is 17.9 Å². The summed E-state index contributed by atoms with van der Waals surface area (Å²) < 4.78 is 38.0. The quantitative estimate of drug-likeness (QED) is 0.573. The highest BCUT2D eigenvalue weighted by atomic mass is 35.5. The van der Waals surface area contributed by atoms with Gasteiger partial charge in [-0.1, -0.05) is 23.7 Å². The number of hydrogen-bond acceptors (Lipinski definition) is 6. The number of hydrogen-bond donors (Lipinski definition) is 2. The minimum atomic E-state index is -4.01. The molecule has 0 aliphatic carbocycles. The van der Waals surface area contributed by atoms with Crippen LogP contribution in [0.2, 0.25) is 5.02 Å². The fourth-order valence-electron chi connectivity index (χ4n) is 2.84. The number of aryl methyl sites for hydroxylation is 1. The summed E-state index contributed by atoms with van der Waals surface area (Å²) in [7, 11) is -1.16. The molecule has 0 aliphatic heterocycles. The third-order valence-electron chi connectivity index (χ3n) is 4.41. The Morgan fingerprint density at radius 3 is 2.33 bits per heavy atom. The largest absolute Gasteiger partial charge is 0.493 e. The van der Waals surface area contributed by atoms with Gasteiger partial charge in [-0.05, 0) is 36.8 Å².